The SMILES string of the molecule is CNCC[C@]1(C)C(=O)CCC2(C)C3[C@](C)(CC[C@@H]21)[C@@]12CC=C[C@@]3(O)[C@H](CN3C=C(Cc4cc(C)cc(C5CCOCC5)c4)C4=NC=CC43)C1=C([C@H](C)C[C@@H](O)[C@@H]1OC1(C)C)C(=O)C2. The van der Waals surface area contributed by atoms with E-state index in [2.05, 4.69) is 87.5 Å². The number of benzene rings is 1. The molecule has 4 heterocycles. The molecule has 2 bridgehead atoms. The zero-order valence-electron chi connectivity index (χ0n) is 39.3. The molecule has 0 aromatic heterocycles. The molecule has 340 valence electrons. The summed E-state index contributed by atoms with van der Waals surface area (Å²) in [5.74, 6) is 0.390. The molecule has 3 unspecified atom stereocenters. The van der Waals surface area contributed by atoms with Crippen molar-refractivity contribution in [2.75, 3.05) is 33.4 Å². The highest BCUT2D eigenvalue weighted by Gasteiger charge is 2.77. The van der Waals surface area contributed by atoms with E-state index in [4.69, 9.17) is 14.5 Å². The number of aryl methyl sites for hydroxylation is 1. The summed E-state index contributed by atoms with van der Waals surface area (Å²) in [5, 5.41) is 29.2. The Bertz CT molecular complexity index is 2230. The first-order valence-corrected chi connectivity index (χ1v) is 24.5. The molecule has 0 amide bonds. The van der Waals surface area contributed by atoms with E-state index in [0.29, 0.717) is 43.9 Å². The van der Waals surface area contributed by atoms with Crippen LogP contribution in [0.3, 0.4) is 0 Å². The molecule has 9 heteroatoms. The molecule has 4 aliphatic heterocycles. The maximum Gasteiger partial charge on any atom is 0.160 e. The Kier molecular flexibility index (Phi) is 10.5. The summed E-state index contributed by atoms with van der Waals surface area (Å²) in [6.45, 7) is 18.3. The van der Waals surface area contributed by atoms with Gasteiger partial charge in [-0.3, -0.25) is 14.6 Å². The van der Waals surface area contributed by atoms with Gasteiger partial charge in [0.05, 0.1) is 29.1 Å². The molecule has 63 heavy (non-hydrogen) atoms. The van der Waals surface area contributed by atoms with Crippen LogP contribution in [-0.4, -0.2) is 95.2 Å². The molecule has 11 rings (SSSR count). The van der Waals surface area contributed by atoms with Crippen LogP contribution in [0.4, 0.5) is 0 Å². The molecule has 6 aliphatic carbocycles. The van der Waals surface area contributed by atoms with Gasteiger partial charge < -0.3 is 29.9 Å². The lowest BCUT2D eigenvalue weighted by molar-refractivity contribution is -0.245. The summed E-state index contributed by atoms with van der Waals surface area (Å²) in [6.07, 6.45) is 18.1. The van der Waals surface area contributed by atoms with Crippen LogP contribution in [0.15, 0.2) is 70.5 Å². The third-order valence-corrected chi connectivity index (χ3v) is 19.0. The van der Waals surface area contributed by atoms with Crippen molar-refractivity contribution in [2.24, 2.45) is 50.3 Å². The quantitative estimate of drug-likeness (QED) is 0.142. The molecule has 12 atom stereocenters. The number of aliphatic imine (C=N–C) groups is 1. The Morgan fingerprint density at radius 1 is 1.05 bits per heavy atom. The van der Waals surface area contributed by atoms with Crippen molar-refractivity contribution in [1.29, 1.82) is 0 Å². The summed E-state index contributed by atoms with van der Waals surface area (Å²) in [6, 6.07) is 7.01. The Morgan fingerprint density at radius 2 is 1.81 bits per heavy atom. The van der Waals surface area contributed by atoms with Crippen LogP contribution in [0.5, 0.6) is 0 Å². The van der Waals surface area contributed by atoms with Crippen molar-refractivity contribution in [3.8, 4) is 0 Å². The average Bonchev–Trinajstić information content (AvgIpc) is 3.48. The van der Waals surface area contributed by atoms with Crippen molar-refractivity contribution in [1.82, 2.24) is 10.2 Å². The van der Waals surface area contributed by atoms with Crippen LogP contribution in [0.1, 0.15) is 128 Å². The number of hydrogen-bond acceptors (Lipinski definition) is 9. The Hall–Kier alpha value is -3.21. The van der Waals surface area contributed by atoms with Crippen LogP contribution in [-0.2, 0) is 25.5 Å². The van der Waals surface area contributed by atoms with E-state index in [0.717, 1.165) is 81.6 Å². The third kappa shape index (κ3) is 6.50. The molecule has 0 radical (unpaired) electrons. The lowest BCUT2D eigenvalue weighted by atomic mass is 9.32. The maximum atomic E-state index is 15.1. The van der Waals surface area contributed by atoms with Crippen molar-refractivity contribution < 1.29 is 29.3 Å². The Morgan fingerprint density at radius 3 is 2.54 bits per heavy atom. The van der Waals surface area contributed by atoms with Crippen molar-refractivity contribution in [3.63, 3.8) is 0 Å². The summed E-state index contributed by atoms with van der Waals surface area (Å²) in [7, 11) is 1.97. The van der Waals surface area contributed by atoms with Crippen LogP contribution in [0.2, 0.25) is 0 Å². The van der Waals surface area contributed by atoms with E-state index >= 15 is 4.79 Å². The van der Waals surface area contributed by atoms with Crippen LogP contribution >= 0.6 is 0 Å². The van der Waals surface area contributed by atoms with Gasteiger partial charge in [-0.25, -0.2) is 0 Å². The summed E-state index contributed by atoms with van der Waals surface area (Å²) < 4.78 is 11.6. The molecule has 3 N–H and O–H groups in total. The van der Waals surface area contributed by atoms with Crippen LogP contribution < -0.4 is 5.32 Å². The van der Waals surface area contributed by atoms with E-state index in [1.807, 2.05) is 27.1 Å². The monoisotopic (exact) mass is 860 g/mol. The van der Waals surface area contributed by atoms with E-state index in [9.17, 15) is 15.0 Å². The Labute approximate surface area is 375 Å². The smallest absolute Gasteiger partial charge is 0.160 e. The largest absolute Gasteiger partial charge is 0.390 e. The normalized spacial score (nSPS) is 40.9. The van der Waals surface area contributed by atoms with Crippen molar-refractivity contribution in [3.05, 3.63) is 82.2 Å². The van der Waals surface area contributed by atoms with E-state index in [-0.39, 0.29) is 52.6 Å². The maximum absolute atomic E-state index is 15.1. The minimum absolute atomic E-state index is 0.0575. The number of fused-ring (bicyclic) bond motifs is 3. The van der Waals surface area contributed by atoms with Gasteiger partial charge >= 0.3 is 0 Å². The molecule has 10 aliphatic rings. The van der Waals surface area contributed by atoms with Crippen molar-refractivity contribution in [2.45, 2.75) is 154 Å². The highest BCUT2D eigenvalue weighted by atomic mass is 16.6. The van der Waals surface area contributed by atoms with Gasteiger partial charge in [0.1, 0.15) is 11.9 Å². The second-order valence-electron chi connectivity index (χ2n) is 23.0. The molecular formula is C54H73N3O6. The molecule has 1 aromatic carbocycles. The lowest BCUT2D eigenvalue weighted by Gasteiger charge is -2.72. The van der Waals surface area contributed by atoms with Gasteiger partial charge in [0, 0.05) is 74.1 Å². The van der Waals surface area contributed by atoms with E-state index < -0.39 is 27.9 Å². The first kappa shape index (κ1) is 43.7. The van der Waals surface area contributed by atoms with Gasteiger partial charge in [-0.15, -0.1) is 0 Å². The number of epoxide rings is 1. The predicted molar refractivity (Wildman–Crippen MR) is 246 cm³/mol. The lowest BCUT2D eigenvalue weighted by Crippen LogP contribution is -2.72. The topological polar surface area (TPSA) is 124 Å². The summed E-state index contributed by atoms with van der Waals surface area (Å²) in [4.78, 5) is 36.7. The zero-order chi connectivity index (χ0) is 44.5. The number of ether oxygens (including phenoxy) is 2. The van der Waals surface area contributed by atoms with Gasteiger partial charge in [-0.1, -0.05) is 63.6 Å². The molecule has 1 aromatic rings. The first-order valence-electron chi connectivity index (χ1n) is 24.5. The number of aliphatic hydroxyl groups excluding tert-OH is 1. The summed E-state index contributed by atoms with van der Waals surface area (Å²) in [5.41, 5.74) is 4.82. The number of Topliss-reactive ketones (excluding diaryl/α,β-unsaturated/α-hetero) is 2. The number of aliphatic hydroxyl groups is 2. The number of carbonyl (C=O) groups is 2. The Balaban J connectivity index is 1.08. The highest BCUT2D eigenvalue weighted by Crippen LogP contribution is 2.79. The number of nitrogens with one attached hydrogen (secondary N) is 1. The number of ketones is 2. The standard InChI is InChI=1S/C54H73N3O6/c1-32-24-34(27-36(25-32)35-13-22-62-23-14-35)28-37-30-57(39-12-20-56-46(37)39)31-38-45-44(33(2)26-40(58)47-49(3,4)63-47)41(59)29-53(45)15-9-16-54(38,61)48-51(6)17-11-43(60)50(5,19-21-55-8)42(51)10-18-52(48,53)7/h9,12,16,20,24-25,27,30,33,35,38-40,42,47-48,55,58,61H,10-11,13-15,17-19,21-23,26,28-29,31H2,1-8H3/t33-,38-,39?,40-,42-,47+,48?,50+,51?,52+,53-,54-/m1/s1. The number of hydrogen-bond donors (Lipinski definition) is 3. The number of rotatable bonds is 12. The van der Waals surface area contributed by atoms with Gasteiger partial charge in [0.2, 0.25) is 0 Å². The molecule has 1 spiro atoms. The summed E-state index contributed by atoms with van der Waals surface area (Å²) >= 11 is 0. The zero-order valence-corrected chi connectivity index (χ0v) is 39.3. The second-order valence-corrected chi connectivity index (χ2v) is 23.0. The fourth-order valence-corrected chi connectivity index (χ4v) is 16.2. The minimum atomic E-state index is -1.29. The molecule has 3 saturated carbocycles. The fourth-order valence-electron chi connectivity index (χ4n) is 16.2. The number of allylic oxidation sites excluding steroid dienone is 2. The average molecular weight is 860 g/mol. The van der Waals surface area contributed by atoms with E-state index in [1.54, 1.807) is 0 Å². The predicted octanol–water partition coefficient (Wildman–Crippen LogP) is 8.13. The van der Waals surface area contributed by atoms with Gasteiger partial charge in [-0.05, 0) is 148 Å². The van der Waals surface area contributed by atoms with Crippen molar-refractivity contribution >= 4 is 17.3 Å². The van der Waals surface area contributed by atoms with Crippen LogP contribution in [0.25, 0.3) is 0 Å². The highest BCUT2D eigenvalue weighted by molar-refractivity contribution is 6.09. The second kappa shape index (κ2) is 15.2. The molecular weight excluding hydrogens is 787 g/mol. The van der Waals surface area contributed by atoms with Gasteiger partial charge in [0.15, 0.2) is 5.78 Å². The molecule has 5 fully saturated rings. The van der Waals surface area contributed by atoms with Gasteiger partial charge in [-0.2, -0.15) is 0 Å². The molecule has 9 nitrogen and oxygen atoms in total. The first-order chi connectivity index (χ1) is 29.9. The van der Waals surface area contributed by atoms with E-state index in [1.165, 1.54) is 22.3 Å². The fraction of sp³-hybridized carbons (Fsp3) is 0.685. The molecule has 2 saturated heterocycles. The van der Waals surface area contributed by atoms with Crippen LogP contribution in [0, 0.1) is 52.3 Å². The van der Waals surface area contributed by atoms with Gasteiger partial charge in [0.25, 0.3) is 0 Å². The third-order valence-electron chi connectivity index (χ3n) is 19.0. The number of nitrogens with zero attached hydrogens (tertiary/aromatic N) is 2. The minimum Gasteiger partial charge on any atom is -0.390 e. The number of carbonyl (C=O) groups excluding carboxylic acids is 2.